The third kappa shape index (κ3) is 2.47. The maximum absolute atomic E-state index is 11.3. The van der Waals surface area contributed by atoms with E-state index in [4.69, 9.17) is 17.3 Å². The van der Waals surface area contributed by atoms with E-state index in [1.807, 2.05) is 0 Å². The van der Waals surface area contributed by atoms with Gasteiger partial charge in [0, 0.05) is 11.6 Å². The zero-order chi connectivity index (χ0) is 10.6. The van der Waals surface area contributed by atoms with Crippen LogP contribution in [0.25, 0.3) is 0 Å². The molecule has 1 rings (SSSR count). The minimum absolute atomic E-state index is 0.230. The quantitative estimate of drug-likeness (QED) is 0.776. The highest BCUT2D eigenvalue weighted by Crippen LogP contribution is 2.18. The molecule has 1 aromatic carbocycles. The Labute approximate surface area is 87.8 Å². The van der Waals surface area contributed by atoms with Gasteiger partial charge in [-0.1, -0.05) is 23.7 Å². The molecular weight excluding hydrogens is 202 g/mol. The van der Waals surface area contributed by atoms with Gasteiger partial charge in [-0.25, -0.2) is 0 Å². The zero-order valence-corrected chi connectivity index (χ0v) is 8.62. The molecule has 0 radical (unpaired) electrons. The van der Waals surface area contributed by atoms with Gasteiger partial charge in [-0.2, -0.15) is 0 Å². The van der Waals surface area contributed by atoms with Crippen molar-refractivity contribution in [1.82, 2.24) is 0 Å². The number of hydrogen-bond acceptors (Lipinski definition) is 3. The lowest BCUT2D eigenvalue weighted by Gasteiger charge is -2.12. The summed E-state index contributed by atoms with van der Waals surface area (Å²) in [7, 11) is 1.35. The summed E-state index contributed by atoms with van der Waals surface area (Å²) in [5.41, 5.74) is 6.31. The molecule has 3 nitrogen and oxygen atoms in total. The van der Waals surface area contributed by atoms with E-state index in [1.165, 1.54) is 7.11 Å². The van der Waals surface area contributed by atoms with Crippen LogP contribution in [0.4, 0.5) is 0 Å². The molecular formula is C10H12ClNO2. The molecule has 0 aliphatic rings. The topological polar surface area (TPSA) is 52.3 Å². The van der Waals surface area contributed by atoms with Crippen molar-refractivity contribution >= 4 is 17.6 Å². The number of nitrogens with two attached hydrogens (primary N) is 1. The molecule has 14 heavy (non-hydrogen) atoms. The van der Waals surface area contributed by atoms with E-state index in [0.717, 1.165) is 5.56 Å². The second-order valence-corrected chi connectivity index (χ2v) is 3.30. The van der Waals surface area contributed by atoms with Gasteiger partial charge < -0.3 is 10.5 Å². The maximum atomic E-state index is 11.3. The van der Waals surface area contributed by atoms with E-state index in [2.05, 4.69) is 4.74 Å². The molecule has 0 aliphatic carbocycles. The number of halogens is 1. The summed E-state index contributed by atoms with van der Waals surface area (Å²) in [6.07, 6.45) is 0. The van der Waals surface area contributed by atoms with Gasteiger partial charge in [0.15, 0.2) is 0 Å². The average Bonchev–Trinajstić information content (AvgIpc) is 2.21. The second-order valence-electron chi connectivity index (χ2n) is 2.86. The first-order chi connectivity index (χ1) is 6.69. The number of ether oxygens (including phenoxy) is 1. The van der Waals surface area contributed by atoms with Crippen LogP contribution >= 0.6 is 11.6 Å². The third-order valence-corrected chi connectivity index (χ3v) is 2.25. The molecule has 0 spiro atoms. The van der Waals surface area contributed by atoms with Crippen molar-refractivity contribution in [3.63, 3.8) is 0 Å². The molecule has 0 bridgehead atoms. The van der Waals surface area contributed by atoms with E-state index in [9.17, 15) is 4.79 Å². The Kier molecular flexibility index (Phi) is 3.92. The van der Waals surface area contributed by atoms with Gasteiger partial charge in [-0.3, -0.25) is 4.79 Å². The van der Waals surface area contributed by atoms with Crippen LogP contribution in [-0.4, -0.2) is 19.6 Å². The minimum atomic E-state index is -0.405. The molecule has 0 aliphatic heterocycles. The summed E-state index contributed by atoms with van der Waals surface area (Å²) in [4.78, 5) is 11.3. The molecule has 2 N–H and O–H groups in total. The summed E-state index contributed by atoms with van der Waals surface area (Å²) < 4.78 is 4.64. The van der Waals surface area contributed by atoms with Crippen molar-refractivity contribution < 1.29 is 9.53 Å². The average molecular weight is 214 g/mol. The summed E-state index contributed by atoms with van der Waals surface area (Å²) in [6, 6.07) is 7.00. The smallest absolute Gasteiger partial charge is 0.314 e. The Morgan fingerprint density at radius 2 is 2.07 bits per heavy atom. The van der Waals surface area contributed by atoms with E-state index in [1.54, 1.807) is 24.3 Å². The number of carbonyl (C=O) groups is 1. The lowest BCUT2D eigenvalue weighted by Crippen LogP contribution is -2.22. The highest BCUT2D eigenvalue weighted by atomic mass is 35.5. The Balaban J connectivity index is 2.89. The molecule has 0 fully saturated rings. The van der Waals surface area contributed by atoms with Gasteiger partial charge in [0.05, 0.1) is 13.0 Å². The Bertz CT molecular complexity index is 310. The highest BCUT2D eigenvalue weighted by Gasteiger charge is 2.19. The van der Waals surface area contributed by atoms with Gasteiger partial charge in [0.1, 0.15) is 0 Å². The monoisotopic (exact) mass is 213 g/mol. The van der Waals surface area contributed by atoms with Crippen LogP contribution < -0.4 is 5.73 Å². The number of rotatable bonds is 3. The highest BCUT2D eigenvalue weighted by molar-refractivity contribution is 6.30. The Morgan fingerprint density at radius 1 is 1.50 bits per heavy atom. The lowest BCUT2D eigenvalue weighted by atomic mass is 10.00. The molecule has 0 saturated carbocycles. The molecule has 1 atom stereocenters. The predicted molar refractivity (Wildman–Crippen MR) is 55.3 cm³/mol. The largest absolute Gasteiger partial charge is 0.469 e. The molecule has 0 aromatic heterocycles. The minimum Gasteiger partial charge on any atom is -0.469 e. The second kappa shape index (κ2) is 4.98. The van der Waals surface area contributed by atoms with Crippen LogP contribution in [0.15, 0.2) is 24.3 Å². The zero-order valence-electron chi connectivity index (χ0n) is 7.87. The summed E-state index contributed by atoms with van der Waals surface area (Å²) in [5.74, 6) is -0.730. The first-order valence-electron chi connectivity index (χ1n) is 4.22. The third-order valence-electron chi connectivity index (χ3n) is 1.99. The molecule has 76 valence electrons. The SMILES string of the molecule is COC(=O)C(CN)c1ccc(Cl)cc1. The lowest BCUT2D eigenvalue weighted by molar-refractivity contribution is -0.142. The normalized spacial score (nSPS) is 12.2. The first kappa shape index (κ1) is 11.0. The molecule has 1 aromatic rings. The number of methoxy groups -OCH3 is 1. The Morgan fingerprint density at radius 3 is 2.50 bits per heavy atom. The van der Waals surface area contributed by atoms with Crippen molar-refractivity contribution in [2.24, 2.45) is 5.73 Å². The van der Waals surface area contributed by atoms with Crippen LogP contribution in [0.1, 0.15) is 11.5 Å². The van der Waals surface area contributed by atoms with E-state index >= 15 is 0 Å². The molecule has 4 heteroatoms. The van der Waals surface area contributed by atoms with E-state index < -0.39 is 5.92 Å². The van der Waals surface area contributed by atoms with Crippen LogP contribution in [0, 0.1) is 0 Å². The van der Waals surface area contributed by atoms with Crippen LogP contribution in [0.3, 0.4) is 0 Å². The fraction of sp³-hybridized carbons (Fsp3) is 0.300. The van der Waals surface area contributed by atoms with Crippen molar-refractivity contribution in [1.29, 1.82) is 0 Å². The summed E-state index contributed by atoms with van der Waals surface area (Å²) >= 11 is 5.73. The fourth-order valence-corrected chi connectivity index (χ4v) is 1.33. The first-order valence-corrected chi connectivity index (χ1v) is 4.60. The van der Waals surface area contributed by atoms with Crippen molar-refractivity contribution in [3.8, 4) is 0 Å². The van der Waals surface area contributed by atoms with Crippen LogP contribution in [-0.2, 0) is 9.53 Å². The van der Waals surface area contributed by atoms with Crippen molar-refractivity contribution in [2.75, 3.05) is 13.7 Å². The predicted octanol–water partition coefficient (Wildman–Crippen LogP) is 1.56. The number of carbonyl (C=O) groups excluding carboxylic acids is 1. The number of esters is 1. The van der Waals surface area contributed by atoms with Gasteiger partial charge in [-0.05, 0) is 17.7 Å². The van der Waals surface area contributed by atoms with E-state index in [-0.39, 0.29) is 12.5 Å². The summed E-state index contributed by atoms with van der Waals surface area (Å²) in [5, 5.41) is 0.634. The van der Waals surface area contributed by atoms with Gasteiger partial charge in [0.2, 0.25) is 0 Å². The van der Waals surface area contributed by atoms with Gasteiger partial charge >= 0.3 is 5.97 Å². The van der Waals surface area contributed by atoms with Gasteiger partial charge in [0.25, 0.3) is 0 Å². The van der Waals surface area contributed by atoms with Crippen molar-refractivity contribution in [3.05, 3.63) is 34.9 Å². The standard InChI is InChI=1S/C10H12ClNO2/c1-14-10(13)9(6-12)7-2-4-8(11)5-3-7/h2-5,9H,6,12H2,1H3. The molecule has 0 saturated heterocycles. The molecule has 1 unspecified atom stereocenters. The van der Waals surface area contributed by atoms with E-state index in [0.29, 0.717) is 5.02 Å². The summed E-state index contributed by atoms with van der Waals surface area (Å²) in [6.45, 7) is 0.230. The van der Waals surface area contributed by atoms with Crippen LogP contribution in [0.5, 0.6) is 0 Å². The Hall–Kier alpha value is -1.06. The number of hydrogen-bond donors (Lipinski definition) is 1. The van der Waals surface area contributed by atoms with Gasteiger partial charge in [-0.15, -0.1) is 0 Å². The van der Waals surface area contributed by atoms with Crippen LogP contribution in [0.2, 0.25) is 5.02 Å². The number of benzene rings is 1. The van der Waals surface area contributed by atoms with Crippen molar-refractivity contribution in [2.45, 2.75) is 5.92 Å². The molecule has 0 heterocycles. The maximum Gasteiger partial charge on any atom is 0.314 e. The fourth-order valence-electron chi connectivity index (χ4n) is 1.21. The molecule has 0 amide bonds.